The minimum absolute atomic E-state index is 0.00953. The number of nitrogens with zero attached hydrogens (tertiary/aromatic N) is 1. The first-order chi connectivity index (χ1) is 7.74. The highest BCUT2D eigenvalue weighted by Gasteiger charge is 2.09. The van der Waals surface area contributed by atoms with Crippen molar-refractivity contribution >= 4 is 10.8 Å². The highest BCUT2D eigenvalue weighted by Crippen LogP contribution is 2.35. The Morgan fingerprint density at radius 1 is 1.31 bits per heavy atom. The maximum absolute atomic E-state index is 9.78. The van der Waals surface area contributed by atoms with Gasteiger partial charge in [0.25, 0.3) is 0 Å². The van der Waals surface area contributed by atoms with Gasteiger partial charge >= 0.3 is 0 Å². The second-order valence-electron chi connectivity index (χ2n) is 3.53. The maximum Gasteiger partial charge on any atom is 0.174 e. The predicted molar refractivity (Wildman–Crippen MR) is 61.5 cm³/mol. The summed E-state index contributed by atoms with van der Waals surface area (Å²) in [4.78, 5) is 0. The largest absolute Gasteiger partial charge is 0.507 e. The van der Waals surface area contributed by atoms with E-state index in [1.807, 2.05) is 37.3 Å². The van der Waals surface area contributed by atoms with Gasteiger partial charge in [0.1, 0.15) is 17.6 Å². The van der Waals surface area contributed by atoms with Crippen LogP contribution in [0, 0.1) is 18.3 Å². The molecule has 0 aliphatic heterocycles. The molecule has 0 unspecified atom stereocenters. The Kier molecular flexibility index (Phi) is 2.65. The van der Waals surface area contributed by atoms with Crippen molar-refractivity contribution < 1.29 is 9.84 Å². The van der Waals surface area contributed by atoms with Crippen molar-refractivity contribution in [3.63, 3.8) is 0 Å². The number of ether oxygens (including phenoxy) is 1. The third-order valence-corrected chi connectivity index (χ3v) is 2.44. The zero-order chi connectivity index (χ0) is 11.5. The summed E-state index contributed by atoms with van der Waals surface area (Å²) in [7, 11) is 0. The molecule has 0 heterocycles. The van der Waals surface area contributed by atoms with Crippen LogP contribution in [0.25, 0.3) is 10.8 Å². The lowest BCUT2D eigenvalue weighted by atomic mass is 10.1. The minimum Gasteiger partial charge on any atom is -0.507 e. The molecule has 0 aliphatic carbocycles. The van der Waals surface area contributed by atoms with E-state index >= 15 is 0 Å². The summed E-state index contributed by atoms with van der Waals surface area (Å²) in [5, 5.41) is 19.9. The topological polar surface area (TPSA) is 53.2 Å². The van der Waals surface area contributed by atoms with Gasteiger partial charge in [-0.05, 0) is 18.6 Å². The fourth-order valence-corrected chi connectivity index (χ4v) is 1.76. The molecule has 2 aromatic rings. The summed E-state index contributed by atoms with van der Waals surface area (Å²) in [6.45, 7) is 1.86. The number of nitriles is 1. The van der Waals surface area contributed by atoms with Crippen LogP contribution in [0.2, 0.25) is 0 Å². The Hall–Kier alpha value is -2.21. The number of benzene rings is 2. The van der Waals surface area contributed by atoms with Crippen LogP contribution in [-0.2, 0) is 0 Å². The number of aromatic hydroxyl groups is 1. The molecule has 0 saturated carbocycles. The smallest absolute Gasteiger partial charge is 0.174 e. The van der Waals surface area contributed by atoms with E-state index in [-0.39, 0.29) is 12.4 Å². The van der Waals surface area contributed by atoms with Gasteiger partial charge in [0.05, 0.1) is 0 Å². The SMILES string of the molecule is Cc1cc(O)c2ccccc2c1OCC#N. The molecule has 1 N–H and O–H groups in total. The quantitative estimate of drug-likeness (QED) is 0.834. The van der Waals surface area contributed by atoms with E-state index in [0.717, 1.165) is 16.3 Å². The van der Waals surface area contributed by atoms with E-state index in [1.165, 1.54) is 0 Å². The molecule has 0 spiro atoms. The average Bonchev–Trinajstić information content (AvgIpc) is 2.29. The monoisotopic (exact) mass is 213 g/mol. The Morgan fingerprint density at radius 3 is 2.69 bits per heavy atom. The Bertz CT molecular complexity index is 570. The third-order valence-electron chi connectivity index (χ3n) is 2.44. The van der Waals surface area contributed by atoms with Gasteiger partial charge in [-0.25, -0.2) is 0 Å². The van der Waals surface area contributed by atoms with Crippen LogP contribution in [0.1, 0.15) is 5.56 Å². The van der Waals surface area contributed by atoms with E-state index in [1.54, 1.807) is 6.07 Å². The number of aryl methyl sites for hydroxylation is 1. The second-order valence-corrected chi connectivity index (χ2v) is 3.53. The summed E-state index contributed by atoms with van der Waals surface area (Å²) in [6, 6.07) is 11.0. The molecule has 3 heteroatoms. The molecule has 2 rings (SSSR count). The van der Waals surface area contributed by atoms with Crippen LogP contribution in [0.3, 0.4) is 0 Å². The first-order valence-electron chi connectivity index (χ1n) is 4.95. The lowest BCUT2D eigenvalue weighted by molar-refractivity contribution is 0.369. The number of phenols is 1. The summed E-state index contributed by atoms with van der Waals surface area (Å²) in [5.41, 5.74) is 0.825. The molecule has 0 amide bonds. The summed E-state index contributed by atoms with van der Waals surface area (Å²) in [6.07, 6.45) is 0. The Balaban J connectivity index is 2.67. The van der Waals surface area contributed by atoms with Crippen molar-refractivity contribution in [2.24, 2.45) is 0 Å². The normalized spacial score (nSPS) is 10.0. The number of fused-ring (bicyclic) bond motifs is 1. The van der Waals surface area contributed by atoms with Gasteiger partial charge in [0.15, 0.2) is 6.61 Å². The molecule has 0 aliphatic rings. The lowest BCUT2D eigenvalue weighted by Crippen LogP contribution is -1.96. The molecular formula is C13H11NO2. The number of hydrogen-bond acceptors (Lipinski definition) is 3. The molecule has 0 fully saturated rings. The Labute approximate surface area is 93.5 Å². The van der Waals surface area contributed by atoms with Crippen molar-refractivity contribution in [1.29, 1.82) is 5.26 Å². The number of rotatable bonds is 2. The van der Waals surface area contributed by atoms with Crippen LogP contribution in [0.4, 0.5) is 0 Å². The van der Waals surface area contributed by atoms with Crippen molar-refractivity contribution in [3.8, 4) is 17.6 Å². The van der Waals surface area contributed by atoms with E-state index < -0.39 is 0 Å². The molecule has 2 aromatic carbocycles. The fraction of sp³-hybridized carbons (Fsp3) is 0.154. The molecule has 0 atom stereocenters. The highest BCUT2D eigenvalue weighted by molar-refractivity contribution is 5.94. The van der Waals surface area contributed by atoms with Crippen LogP contribution < -0.4 is 4.74 Å². The highest BCUT2D eigenvalue weighted by atomic mass is 16.5. The first kappa shape index (κ1) is 10.3. The van der Waals surface area contributed by atoms with Crippen molar-refractivity contribution in [1.82, 2.24) is 0 Å². The summed E-state index contributed by atoms with van der Waals surface area (Å²) in [5.74, 6) is 0.896. The fourth-order valence-electron chi connectivity index (χ4n) is 1.76. The third kappa shape index (κ3) is 1.66. The molecule has 16 heavy (non-hydrogen) atoms. The van der Waals surface area contributed by atoms with Gasteiger partial charge in [0.2, 0.25) is 0 Å². The minimum atomic E-state index is 0.00953. The van der Waals surface area contributed by atoms with Crippen LogP contribution in [0.5, 0.6) is 11.5 Å². The van der Waals surface area contributed by atoms with Gasteiger partial charge in [0, 0.05) is 10.8 Å². The molecular weight excluding hydrogens is 202 g/mol. The lowest BCUT2D eigenvalue weighted by Gasteiger charge is -2.11. The Morgan fingerprint density at radius 2 is 2.00 bits per heavy atom. The molecule has 0 aromatic heterocycles. The molecule has 0 radical (unpaired) electrons. The van der Waals surface area contributed by atoms with E-state index in [4.69, 9.17) is 10.00 Å². The van der Waals surface area contributed by atoms with Gasteiger partial charge in [-0.15, -0.1) is 0 Å². The zero-order valence-electron chi connectivity index (χ0n) is 8.90. The van der Waals surface area contributed by atoms with Crippen LogP contribution in [-0.4, -0.2) is 11.7 Å². The van der Waals surface area contributed by atoms with Gasteiger partial charge in [-0.3, -0.25) is 0 Å². The molecule has 0 bridgehead atoms. The molecule has 3 nitrogen and oxygen atoms in total. The van der Waals surface area contributed by atoms with Crippen LogP contribution >= 0.6 is 0 Å². The van der Waals surface area contributed by atoms with Gasteiger partial charge in [-0.2, -0.15) is 5.26 Å². The standard InChI is InChI=1S/C13H11NO2/c1-9-8-12(15)10-4-2-3-5-11(10)13(9)16-7-6-14/h2-5,8,15H,7H2,1H3. The second kappa shape index (κ2) is 4.11. The first-order valence-corrected chi connectivity index (χ1v) is 4.95. The average molecular weight is 213 g/mol. The van der Waals surface area contributed by atoms with Crippen molar-refractivity contribution in [3.05, 3.63) is 35.9 Å². The van der Waals surface area contributed by atoms with Crippen molar-refractivity contribution in [2.75, 3.05) is 6.61 Å². The van der Waals surface area contributed by atoms with E-state index in [9.17, 15) is 5.11 Å². The van der Waals surface area contributed by atoms with Crippen LogP contribution in [0.15, 0.2) is 30.3 Å². The predicted octanol–water partition coefficient (Wildman–Crippen LogP) is 2.76. The molecule has 80 valence electrons. The molecule has 0 saturated heterocycles. The van der Waals surface area contributed by atoms with Gasteiger partial charge in [-0.1, -0.05) is 24.3 Å². The van der Waals surface area contributed by atoms with E-state index in [0.29, 0.717) is 5.75 Å². The zero-order valence-corrected chi connectivity index (χ0v) is 8.90. The maximum atomic E-state index is 9.78. The van der Waals surface area contributed by atoms with Crippen molar-refractivity contribution in [2.45, 2.75) is 6.92 Å². The summed E-state index contributed by atoms with van der Waals surface area (Å²) >= 11 is 0. The van der Waals surface area contributed by atoms with Gasteiger partial charge < -0.3 is 9.84 Å². The number of phenolic OH excluding ortho intramolecular Hbond substituents is 1. The van der Waals surface area contributed by atoms with E-state index in [2.05, 4.69) is 0 Å². The number of hydrogen-bond donors (Lipinski definition) is 1. The summed E-state index contributed by atoms with van der Waals surface area (Å²) < 4.78 is 5.38.